The van der Waals surface area contributed by atoms with E-state index < -0.39 is 59.1 Å². The maximum absolute atomic E-state index is 15.3. The van der Waals surface area contributed by atoms with Crippen LogP contribution < -0.4 is 9.46 Å². The van der Waals surface area contributed by atoms with Gasteiger partial charge >= 0.3 is 0 Å². The molecule has 2 fully saturated rings. The zero-order valence-electron chi connectivity index (χ0n) is 18.1. The highest BCUT2D eigenvalue weighted by Crippen LogP contribution is 2.58. The van der Waals surface area contributed by atoms with Crippen molar-refractivity contribution >= 4 is 31.5 Å². The molecule has 3 aliphatic rings. The van der Waals surface area contributed by atoms with Gasteiger partial charge in [0.05, 0.1) is 22.3 Å². The van der Waals surface area contributed by atoms with Crippen molar-refractivity contribution in [3.63, 3.8) is 0 Å². The normalized spacial score (nSPS) is 26.9. The molecule has 0 bridgehead atoms. The highest BCUT2D eigenvalue weighted by atomic mass is 35.5. The SMILES string of the molecule is O=S(=O)(NC[C@@H]1CCCC2(S(=O)(=O)c3ccc(Cl)cc3)c3c(F)ccc(F)c3OC[C@@H]12)C1CC1. The Hall–Kier alpha value is -1.75. The maximum atomic E-state index is 15.3. The molecule has 2 aliphatic carbocycles. The lowest BCUT2D eigenvalue weighted by Gasteiger charge is -2.50. The van der Waals surface area contributed by atoms with Crippen molar-refractivity contribution in [1.29, 1.82) is 0 Å². The number of hydrogen-bond acceptors (Lipinski definition) is 5. The molecule has 2 saturated carbocycles. The molecule has 3 atom stereocenters. The number of benzene rings is 2. The van der Waals surface area contributed by atoms with E-state index >= 15 is 4.39 Å². The molecule has 184 valence electrons. The van der Waals surface area contributed by atoms with Crippen LogP contribution in [0.3, 0.4) is 0 Å². The number of halogens is 3. The predicted molar refractivity (Wildman–Crippen MR) is 123 cm³/mol. The molecular formula is C23H24ClF2NO5S2. The van der Waals surface area contributed by atoms with Crippen LogP contribution in [0.5, 0.6) is 5.75 Å². The summed E-state index contributed by atoms with van der Waals surface area (Å²) in [5, 5.41) is -0.0814. The Kier molecular flexibility index (Phi) is 5.94. The Morgan fingerprint density at radius 2 is 1.68 bits per heavy atom. The van der Waals surface area contributed by atoms with Crippen LogP contribution in [0.4, 0.5) is 8.78 Å². The molecule has 0 radical (unpaired) electrons. The fourth-order valence-corrected chi connectivity index (χ4v) is 9.48. The van der Waals surface area contributed by atoms with E-state index in [4.69, 9.17) is 16.3 Å². The average Bonchev–Trinajstić information content (AvgIpc) is 3.66. The van der Waals surface area contributed by atoms with Crippen LogP contribution >= 0.6 is 11.6 Å². The number of hydrogen-bond donors (Lipinski definition) is 1. The topological polar surface area (TPSA) is 89.5 Å². The smallest absolute Gasteiger partial charge is 0.214 e. The first-order chi connectivity index (χ1) is 16.1. The fraction of sp³-hybridized carbons (Fsp3) is 0.478. The lowest BCUT2D eigenvalue weighted by atomic mass is 9.67. The molecule has 5 rings (SSSR count). The third kappa shape index (κ3) is 3.73. The second kappa shape index (κ2) is 8.43. The number of rotatable bonds is 6. The third-order valence-corrected chi connectivity index (χ3v) is 12.0. The first-order valence-corrected chi connectivity index (χ1v) is 14.6. The van der Waals surface area contributed by atoms with Crippen LogP contribution in [0.2, 0.25) is 5.02 Å². The molecule has 0 saturated heterocycles. The Bertz CT molecular complexity index is 1330. The molecule has 1 N–H and O–H groups in total. The average molecular weight is 532 g/mol. The van der Waals surface area contributed by atoms with E-state index in [-0.39, 0.29) is 30.0 Å². The first kappa shape index (κ1) is 24.0. The third-order valence-electron chi connectivity index (χ3n) is 7.29. The second-order valence-electron chi connectivity index (χ2n) is 9.24. The number of ether oxygens (including phenoxy) is 1. The van der Waals surface area contributed by atoms with Crippen LogP contribution in [-0.4, -0.2) is 35.2 Å². The molecule has 1 unspecified atom stereocenters. The van der Waals surface area contributed by atoms with Gasteiger partial charge < -0.3 is 4.74 Å². The van der Waals surface area contributed by atoms with E-state index in [0.717, 1.165) is 12.1 Å². The lowest BCUT2D eigenvalue weighted by molar-refractivity contribution is 0.0771. The largest absolute Gasteiger partial charge is 0.490 e. The number of fused-ring (bicyclic) bond motifs is 3. The summed E-state index contributed by atoms with van der Waals surface area (Å²) in [6.45, 7) is -0.160. The first-order valence-electron chi connectivity index (χ1n) is 11.2. The quantitative estimate of drug-likeness (QED) is 0.604. The Morgan fingerprint density at radius 3 is 2.35 bits per heavy atom. The van der Waals surface area contributed by atoms with Gasteiger partial charge in [-0.05, 0) is 68.0 Å². The molecule has 2 aromatic rings. The van der Waals surface area contributed by atoms with Gasteiger partial charge in [0.1, 0.15) is 10.6 Å². The van der Waals surface area contributed by atoms with Gasteiger partial charge in [-0.15, -0.1) is 0 Å². The lowest BCUT2D eigenvalue weighted by Crippen LogP contribution is -2.55. The van der Waals surface area contributed by atoms with E-state index in [0.29, 0.717) is 30.7 Å². The Morgan fingerprint density at radius 1 is 1.00 bits per heavy atom. The van der Waals surface area contributed by atoms with Crippen molar-refractivity contribution in [1.82, 2.24) is 4.72 Å². The van der Waals surface area contributed by atoms with Crippen LogP contribution in [0.15, 0.2) is 41.3 Å². The van der Waals surface area contributed by atoms with Gasteiger partial charge in [-0.2, -0.15) is 0 Å². The predicted octanol–water partition coefficient (Wildman–Crippen LogP) is 4.18. The van der Waals surface area contributed by atoms with Crippen molar-refractivity contribution < 1.29 is 30.4 Å². The van der Waals surface area contributed by atoms with Gasteiger partial charge in [0, 0.05) is 17.5 Å². The summed E-state index contributed by atoms with van der Waals surface area (Å²) in [7, 11) is -7.77. The molecule has 1 heterocycles. The van der Waals surface area contributed by atoms with E-state index in [1.54, 1.807) is 0 Å². The molecule has 2 aromatic carbocycles. The molecule has 0 amide bonds. The van der Waals surface area contributed by atoms with Crippen molar-refractivity contribution in [2.45, 2.75) is 47.0 Å². The minimum atomic E-state index is -4.27. The van der Waals surface area contributed by atoms with Gasteiger partial charge in [-0.3, -0.25) is 0 Å². The second-order valence-corrected chi connectivity index (χ2v) is 13.9. The number of nitrogens with one attached hydrogen (secondary N) is 1. The fourth-order valence-electron chi connectivity index (χ4n) is 5.47. The van der Waals surface area contributed by atoms with E-state index in [9.17, 15) is 21.2 Å². The number of sulfone groups is 1. The number of sulfonamides is 1. The summed E-state index contributed by atoms with van der Waals surface area (Å²) in [4.78, 5) is -0.0578. The maximum Gasteiger partial charge on any atom is 0.214 e. The monoisotopic (exact) mass is 531 g/mol. The highest BCUT2D eigenvalue weighted by Gasteiger charge is 2.61. The minimum Gasteiger partial charge on any atom is -0.490 e. The summed E-state index contributed by atoms with van der Waals surface area (Å²) in [6, 6.07) is 7.42. The van der Waals surface area contributed by atoms with Crippen molar-refractivity contribution in [3.05, 3.63) is 58.6 Å². The summed E-state index contributed by atoms with van der Waals surface area (Å²) in [6.07, 6.45) is 2.18. The van der Waals surface area contributed by atoms with Crippen molar-refractivity contribution in [2.75, 3.05) is 13.2 Å². The standard InChI is InChI=1S/C23H24ClF2NO5S2/c24-15-3-5-16(6-4-15)33(28,29)23-11-1-2-14(12-27-34(30,31)17-7-8-17)18(23)13-32-22-20(26)10-9-19(25)21(22)23/h3-6,9-10,14,17-18,27H,1-2,7-8,11-13H2/t14-,18-,23?/m0/s1. The Balaban J connectivity index is 1.65. The summed E-state index contributed by atoms with van der Waals surface area (Å²) < 4.78 is 89.8. The van der Waals surface area contributed by atoms with Crippen LogP contribution in [0.25, 0.3) is 0 Å². The van der Waals surface area contributed by atoms with Crippen molar-refractivity contribution in [3.8, 4) is 5.75 Å². The highest BCUT2D eigenvalue weighted by molar-refractivity contribution is 7.92. The van der Waals surface area contributed by atoms with Gasteiger partial charge in [0.2, 0.25) is 10.0 Å². The van der Waals surface area contributed by atoms with Crippen molar-refractivity contribution in [2.24, 2.45) is 11.8 Å². The van der Waals surface area contributed by atoms with E-state index in [2.05, 4.69) is 4.72 Å². The summed E-state index contributed by atoms with van der Waals surface area (Å²) in [5.41, 5.74) is -0.312. The molecule has 11 heteroatoms. The molecule has 0 spiro atoms. The van der Waals surface area contributed by atoms with Gasteiger partial charge in [-0.1, -0.05) is 18.0 Å². The van der Waals surface area contributed by atoms with Crippen LogP contribution in [-0.2, 0) is 24.6 Å². The summed E-state index contributed by atoms with van der Waals surface area (Å²) in [5.74, 6) is -3.32. The van der Waals surface area contributed by atoms with Crippen LogP contribution in [0, 0.1) is 23.5 Å². The van der Waals surface area contributed by atoms with Gasteiger partial charge in [0.15, 0.2) is 21.4 Å². The summed E-state index contributed by atoms with van der Waals surface area (Å²) >= 11 is 5.96. The molecule has 6 nitrogen and oxygen atoms in total. The molecule has 1 aliphatic heterocycles. The Labute approximate surface area is 202 Å². The zero-order chi connectivity index (χ0) is 24.3. The minimum absolute atomic E-state index is 0.0109. The molecular weight excluding hydrogens is 508 g/mol. The molecule has 34 heavy (non-hydrogen) atoms. The van der Waals surface area contributed by atoms with Crippen LogP contribution in [0.1, 0.15) is 37.7 Å². The zero-order valence-corrected chi connectivity index (χ0v) is 20.5. The van der Waals surface area contributed by atoms with Gasteiger partial charge in [-0.25, -0.2) is 30.3 Å². The van der Waals surface area contributed by atoms with Gasteiger partial charge in [0.25, 0.3) is 0 Å². The van der Waals surface area contributed by atoms with E-state index in [1.807, 2.05) is 0 Å². The molecule has 0 aromatic heterocycles. The van der Waals surface area contributed by atoms with E-state index in [1.165, 1.54) is 24.3 Å².